The first-order chi connectivity index (χ1) is 20.2. The highest BCUT2D eigenvalue weighted by molar-refractivity contribution is 7.93. The van der Waals surface area contributed by atoms with Gasteiger partial charge in [0.2, 0.25) is 5.95 Å². The first-order valence-corrected chi connectivity index (χ1v) is 16.1. The zero-order valence-corrected chi connectivity index (χ0v) is 25.5. The summed E-state index contributed by atoms with van der Waals surface area (Å²) in [5, 5.41) is 7.19. The summed E-state index contributed by atoms with van der Waals surface area (Å²) in [7, 11) is 2.14. The van der Waals surface area contributed by atoms with Crippen LogP contribution in [0.25, 0.3) is 11.0 Å². The predicted molar refractivity (Wildman–Crippen MR) is 168 cm³/mol. The summed E-state index contributed by atoms with van der Waals surface area (Å²) in [4.78, 5) is 26.6. The number of pyridine rings is 1. The fourth-order valence-corrected chi connectivity index (χ4v) is 7.61. The quantitative estimate of drug-likeness (QED) is 0.260. The summed E-state index contributed by atoms with van der Waals surface area (Å²) in [6.45, 7) is 2.37. The van der Waals surface area contributed by atoms with Crippen LogP contribution < -0.4 is 21.1 Å². The minimum Gasteiger partial charge on any atom is -0.372 e. The smallest absolute Gasteiger partial charge is 0.268 e. The minimum absolute atomic E-state index is 0.0496. The molecule has 0 aliphatic carbocycles. The van der Waals surface area contributed by atoms with Gasteiger partial charge in [-0.25, -0.2) is 13.4 Å². The molecule has 2 N–H and O–H groups in total. The van der Waals surface area contributed by atoms with Gasteiger partial charge in [-0.2, -0.15) is 9.36 Å². The molecule has 0 bridgehead atoms. The topological polar surface area (TPSA) is 125 Å². The van der Waals surface area contributed by atoms with E-state index in [1.807, 2.05) is 26.2 Å². The van der Waals surface area contributed by atoms with E-state index < -0.39 is 15.4 Å². The van der Waals surface area contributed by atoms with Crippen molar-refractivity contribution in [2.75, 3.05) is 56.7 Å². The van der Waals surface area contributed by atoms with Crippen molar-refractivity contribution >= 4 is 49.7 Å². The molecule has 4 heterocycles. The molecule has 0 atom stereocenters. The molecule has 5 rings (SSSR count). The third kappa shape index (κ3) is 6.47. The fourth-order valence-electron chi connectivity index (χ4n) is 4.96. The van der Waals surface area contributed by atoms with Crippen LogP contribution in [0, 0.1) is 12.3 Å². The van der Waals surface area contributed by atoms with Crippen LogP contribution in [-0.4, -0.2) is 84.8 Å². The number of rotatable bonds is 10. The lowest BCUT2D eigenvalue weighted by molar-refractivity contribution is 0.432. The van der Waals surface area contributed by atoms with Crippen LogP contribution in [0.2, 0.25) is 0 Å². The second kappa shape index (κ2) is 12.6. The number of aromatic nitrogens is 4. The maximum absolute atomic E-state index is 13.4. The van der Waals surface area contributed by atoms with Crippen LogP contribution in [0.3, 0.4) is 0 Å². The van der Waals surface area contributed by atoms with Crippen LogP contribution in [0.1, 0.15) is 24.0 Å². The van der Waals surface area contributed by atoms with Crippen LogP contribution in [0.15, 0.2) is 51.7 Å². The van der Waals surface area contributed by atoms with Gasteiger partial charge in [0.05, 0.1) is 17.9 Å². The van der Waals surface area contributed by atoms with E-state index in [2.05, 4.69) is 55.0 Å². The van der Waals surface area contributed by atoms with E-state index in [9.17, 15) is 13.2 Å². The Morgan fingerprint density at radius 1 is 1.17 bits per heavy atom. The minimum atomic E-state index is -3.60. The van der Waals surface area contributed by atoms with Gasteiger partial charge < -0.3 is 20.4 Å². The highest BCUT2D eigenvalue weighted by atomic mass is 32.2. The Bertz CT molecular complexity index is 1770. The Hall–Kier alpha value is -3.83. The number of hydrogen-bond acceptors (Lipinski definition) is 11. The standard InChI is InChI=1S/C29H34N8O3S2/c1-5-20-16-21-17-31-29(33-23-6-8-24(9-7-23)36(4)25-10-12-30-13-11-25)34-26(21)37(27(20)38)19-22-18-32-41-28(22)42(39,40)15-14-35(2)3/h1,6-9,16-18,25,30H,10-15,19H2,2-4H3,(H,31,33,34). The molecule has 13 heteroatoms. The lowest BCUT2D eigenvalue weighted by Crippen LogP contribution is -2.41. The van der Waals surface area contributed by atoms with Crippen molar-refractivity contribution in [3.63, 3.8) is 0 Å². The average molecular weight is 607 g/mol. The van der Waals surface area contributed by atoms with E-state index in [0.29, 0.717) is 35.1 Å². The molecule has 1 aromatic carbocycles. The van der Waals surface area contributed by atoms with Gasteiger partial charge in [-0.3, -0.25) is 9.36 Å². The molecule has 3 aromatic heterocycles. The Morgan fingerprint density at radius 3 is 2.60 bits per heavy atom. The zero-order valence-electron chi connectivity index (χ0n) is 23.9. The van der Waals surface area contributed by atoms with Gasteiger partial charge in [-0.15, -0.1) is 6.42 Å². The van der Waals surface area contributed by atoms with Crippen molar-refractivity contribution < 1.29 is 8.42 Å². The molecule has 0 unspecified atom stereocenters. The molecule has 0 saturated carbocycles. The van der Waals surface area contributed by atoms with E-state index in [1.165, 1.54) is 10.8 Å². The summed E-state index contributed by atoms with van der Waals surface area (Å²) in [6.07, 6.45) is 10.9. The molecule has 1 aliphatic rings. The largest absolute Gasteiger partial charge is 0.372 e. The Labute approximate surface area is 249 Å². The van der Waals surface area contributed by atoms with Crippen molar-refractivity contribution in [2.45, 2.75) is 29.6 Å². The normalized spacial score (nSPS) is 14.3. The van der Waals surface area contributed by atoms with Gasteiger partial charge in [0.15, 0.2) is 9.84 Å². The van der Waals surface area contributed by atoms with E-state index >= 15 is 0 Å². The van der Waals surface area contributed by atoms with Gasteiger partial charge in [0.1, 0.15) is 9.86 Å². The van der Waals surface area contributed by atoms with Gasteiger partial charge in [-0.05, 0) is 81.9 Å². The van der Waals surface area contributed by atoms with Gasteiger partial charge in [-0.1, -0.05) is 5.92 Å². The van der Waals surface area contributed by atoms with E-state index in [1.54, 1.807) is 17.2 Å². The second-order valence-corrected chi connectivity index (χ2v) is 13.7. The number of fused-ring (bicyclic) bond motifs is 1. The van der Waals surface area contributed by atoms with Crippen LogP contribution in [0.5, 0.6) is 0 Å². The van der Waals surface area contributed by atoms with E-state index in [0.717, 1.165) is 48.8 Å². The third-order valence-electron chi connectivity index (χ3n) is 7.39. The first-order valence-electron chi connectivity index (χ1n) is 13.6. The number of nitrogens with zero attached hydrogens (tertiary/aromatic N) is 6. The molecule has 1 aliphatic heterocycles. The lowest BCUT2D eigenvalue weighted by atomic mass is 10.0. The summed E-state index contributed by atoms with van der Waals surface area (Å²) in [5.41, 5.74) is 2.37. The molecule has 4 aromatic rings. The lowest BCUT2D eigenvalue weighted by Gasteiger charge is -2.33. The SMILES string of the molecule is C#Cc1cc2cnc(Nc3ccc(N(C)C4CCNCC4)cc3)nc2n(Cc2cnsc2S(=O)(=O)CCN(C)C)c1=O. The molecule has 0 spiro atoms. The maximum Gasteiger partial charge on any atom is 0.268 e. The van der Waals surface area contributed by atoms with Crippen molar-refractivity contribution in [3.8, 4) is 12.3 Å². The molecule has 1 fully saturated rings. The maximum atomic E-state index is 13.4. The van der Waals surface area contributed by atoms with Crippen molar-refractivity contribution in [3.05, 3.63) is 64.2 Å². The molecular weight excluding hydrogens is 573 g/mol. The van der Waals surface area contributed by atoms with Crippen molar-refractivity contribution in [2.24, 2.45) is 0 Å². The Morgan fingerprint density at radius 2 is 1.90 bits per heavy atom. The van der Waals surface area contributed by atoms with Crippen molar-refractivity contribution in [1.29, 1.82) is 0 Å². The van der Waals surface area contributed by atoms with E-state index in [-0.39, 0.29) is 22.1 Å². The number of terminal acetylenes is 1. The number of benzene rings is 1. The van der Waals surface area contributed by atoms with Gasteiger partial charge >= 0.3 is 0 Å². The number of nitrogens with one attached hydrogen (secondary N) is 2. The van der Waals surface area contributed by atoms with Gasteiger partial charge in [0.25, 0.3) is 5.56 Å². The van der Waals surface area contributed by atoms with Crippen LogP contribution in [0.4, 0.5) is 17.3 Å². The number of hydrogen-bond donors (Lipinski definition) is 2. The fraction of sp³-hybridized carbons (Fsp3) is 0.379. The number of anilines is 3. The summed E-state index contributed by atoms with van der Waals surface area (Å²) in [6, 6.07) is 10.1. The Kier molecular flexibility index (Phi) is 8.88. The highest BCUT2D eigenvalue weighted by Gasteiger charge is 2.23. The molecular formula is C29H34N8O3S2. The summed E-state index contributed by atoms with van der Waals surface area (Å²) < 4.78 is 31.8. The molecule has 0 radical (unpaired) electrons. The predicted octanol–water partition coefficient (Wildman–Crippen LogP) is 2.54. The summed E-state index contributed by atoms with van der Waals surface area (Å²) >= 11 is 0.902. The number of piperidine rings is 1. The van der Waals surface area contributed by atoms with Gasteiger partial charge in [0, 0.05) is 54.4 Å². The Balaban J connectivity index is 1.44. The van der Waals surface area contributed by atoms with Crippen LogP contribution in [-0.2, 0) is 16.4 Å². The molecule has 0 amide bonds. The first kappa shape index (κ1) is 29.7. The third-order valence-corrected chi connectivity index (χ3v) is 10.6. The summed E-state index contributed by atoms with van der Waals surface area (Å²) in [5.74, 6) is 2.67. The molecule has 220 valence electrons. The molecule has 1 saturated heterocycles. The van der Waals surface area contributed by atoms with Crippen molar-refractivity contribution in [1.82, 2.24) is 29.1 Å². The highest BCUT2D eigenvalue weighted by Crippen LogP contribution is 2.26. The monoisotopic (exact) mass is 606 g/mol. The second-order valence-electron chi connectivity index (χ2n) is 10.6. The van der Waals surface area contributed by atoms with Crippen LogP contribution >= 0.6 is 11.5 Å². The number of sulfone groups is 1. The van der Waals surface area contributed by atoms with E-state index in [4.69, 9.17) is 6.42 Å². The zero-order chi connectivity index (χ0) is 29.9. The molecule has 11 nitrogen and oxygen atoms in total. The average Bonchev–Trinajstić information content (AvgIpc) is 3.47. The molecule has 42 heavy (non-hydrogen) atoms.